The number of aromatic nitrogens is 4. The number of aryl methyl sites for hydroxylation is 5. The maximum absolute atomic E-state index is 13.1. The van der Waals surface area contributed by atoms with Gasteiger partial charge in [-0.15, -0.1) is 0 Å². The molecule has 0 saturated heterocycles. The van der Waals surface area contributed by atoms with Crippen molar-refractivity contribution in [3.05, 3.63) is 99.2 Å². The highest BCUT2D eigenvalue weighted by Gasteiger charge is 2.25. The van der Waals surface area contributed by atoms with Crippen LogP contribution in [0, 0.1) is 20.8 Å². The number of amides is 1. The minimum absolute atomic E-state index is 0.450. The molecule has 0 atom stereocenters. The first-order chi connectivity index (χ1) is 19.7. The van der Waals surface area contributed by atoms with Crippen LogP contribution in [0.2, 0.25) is 5.02 Å². The van der Waals surface area contributed by atoms with E-state index in [4.69, 9.17) is 27.2 Å². The molecule has 3 heterocycles. The zero-order valence-electron chi connectivity index (χ0n) is 24.3. The van der Waals surface area contributed by atoms with Gasteiger partial charge in [0.2, 0.25) is 0 Å². The van der Waals surface area contributed by atoms with E-state index < -0.39 is 5.91 Å². The molecule has 5 rings (SSSR count). The van der Waals surface area contributed by atoms with Gasteiger partial charge >= 0.3 is 0 Å². The molecular formula is C33H36ClN5O2. The smallest absolute Gasteiger partial charge is 0.265 e. The first-order valence-corrected chi connectivity index (χ1v) is 14.3. The van der Waals surface area contributed by atoms with Crippen molar-refractivity contribution in [2.75, 3.05) is 6.61 Å². The molecule has 8 heteroatoms. The quantitative estimate of drug-likeness (QED) is 0.189. The molecular weight excluding hydrogens is 534 g/mol. The maximum atomic E-state index is 13.1. The summed E-state index contributed by atoms with van der Waals surface area (Å²) < 4.78 is 10.1. The van der Waals surface area contributed by atoms with Crippen molar-refractivity contribution < 1.29 is 9.53 Å². The number of benzene rings is 2. The normalized spacial score (nSPS) is 11.4. The molecule has 0 bridgehead atoms. The van der Waals surface area contributed by atoms with E-state index in [9.17, 15) is 4.79 Å². The molecule has 0 spiro atoms. The lowest BCUT2D eigenvalue weighted by Crippen LogP contribution is -2.19. The van der Waals surface area contributed by atoms with E-state index >= 15 is 0 Å². The number of para-hydroxylation sites is 1. The third kappa shape index (κ3) is 5.46. The number of nitrogens with two attached hydrogens (primary N) is 1. The van der Waals surface area contributed by atoms with E-state index in [2.05, 4.69) is 41.6 Å². The largest absolute Gasteiger partial charge is 0.494 e. The SMILES string of the molecule is CCc1nn(C)c(C)c1-c1cccc2c(CCCOc3cc(C)c(Cl)c(C)c3)c(C(N)=O)n(Cc3cccnc3)c12. The van der Waals surface area contributed by atoms with Crippen LogP contribution in [-0.2, 0) is 26.4 Å². The van der Waals surface area contributed by atoms with Gasteiger partial charge < -0.3 is 15.0 Å². The van der Waals surface area contributed by atoms with Crippen molar-refractivity contribution in [1.29, 1.82) is 0 Å². The lowest BCUT2D eigenvalue weighted by Gasteiger charge is -2.13. The summed E-state index contributed by atoms with van der Waals surface area (Å²) in [6, 6.07) is 14.1. The van der Waals surface area contributed by atoms with Crippen molar-refractivity contribution in [1.82, 2.24) is 19.3 Å². The molecule has 2 N–H and O–H groups in total. The number of rotatable bonds is 10. The average molecular weight is 570 g/mol. The molecule has 0 aliphatic heterocycles. The summed E-state index contributed by atoms with van der Waals surface area (Å²) in [6.45, 7) is 9.12. The molecule has 5 aromatic rings. The molecule has 0 aliphatic rings. The number of primary amides is 1. The zero-order valence-corrected chi connectivity index (χ0v) is 25.0. The number of carbonyl (C=O) groups is 1. The van der Waals surface area contributed by atoms with Crippen molar-refractivity contribution in [3.8, 4) is 16.9 Å². The van der Waals surface area contributed by atoms with Gasteiger partial charge in [0.1, 0.15) is 11.4 Å². The molecule has 3 aromatic heterocycles. The first-order valence-electron chi connectivity index (χ1n) is 14.0. The Bertz CT molecular complexity index is 1710. The molecule has 7 nitrogen and oxygen atoms in total. The van der Waals surface area contributed by atoms with E-state index in [1.807, 2.05) is 56.0 Å². The van der Waals surface area contributed by atoms with Crippen molar-refractivity contribution in [2.45, 2.75) is 53.5 Å². The van der Waals surface area contributed by atoms with Gasteiger partial charge in [-0.3, -0.25) is 14.5 Å². The molecule has 1 amide bonds. The highest BCUT2D eigenvalue weighted by Crippen LogP contribution is 2.38. The Balaban J connectivity index is 1.60. The third-order valence-electron chi connectivity index (χ3n) is 7.74. The Labute approximate surface area is 245 Å². The molecule has 212 valence electrons. The number of hydrogen-bond acceptors (Lipinski definition) is 4. The second-order valence-corrected chi connectivity index (χ2v) is 10.9. The average Bonchev–Trinajstić information content (AvgIpc) is 3.43. The number of fused-ring (bicyclic) bond motifs is 1. The summed E-state index contributed by atoms with van der Waals surface area (Å²) in [7, 11) is 1.97. The van der Waals surface area contributed by atoms with Gasteiger partial charge in [-0.05, 0) is 80.5 Å². The molecule has 0 radical (unpaired) electrons. The fourth-order valence-electron chi connectivity index (χ4n) is 5.75. The van der Waals surface area contributed by atoms with Gasteiger partial charge in [0, 0.05) is 53.2 Å². The number of halogens is 1. The van der Waals surface area contributed by atoms with Gasteiger partial charge in [-0.1, -0.05) is 42.8 Å². The van der Waals surface area contributed by atoms with Gasteiger partial charge in [-0.2, -0.15) is 5.10 Å². The topological polar surface area (TPSA) is 88.0 Å². The zero-order chi connectivity index (χ0) is 29.3. The predicted octanol–water partition coefficient (Wildman–Crippen LogP) is 6.74. The van der Waals surface area contributed by atoms with Crippen LogP contribution in [0.4, 0.5) is 0 Å². The Morgan fingerprint density at radius 3 is 2.51 bits per heavy atom. The van der Waals surface area contributed by atoms with Crippen LogP contribution in [0.5, 0.6) is 5.75 Å². The molecule has 2 aromatic carbocycles. The van der Waals surface area contributed by atoms with Crippen LogP contribution in [0.1, 0.15) is 57.5 Å². The van der Waals surface area contributed by atoms with Crippen molar-refractivity contribution in [3.63, 3.8) is 0 Å². The Morgan fingerprint density at radius 1 is 1.10 bits per heavy atom. The number of pyridine rings is 1. The summed E-state index contributed by atoms with van der Waals surface area (Å²) in [5, 5.41) is 6.56. The summed E-state index contributed by atoms with van der Waals surface area (Å²) in [4.78, 5) is 17.4. The molecule has 0 unspecified atom stereocenters. The van der Waals surface area contributed by atoms with Gasteiger partial charge in [0.25, 0.3) is 5.91 Å². The standard InChI is InChI=1S/C33H36ClN5O2/c1-6-28-29(22(4)38(5)37-28)27-12-7-11-25-26(13-9-15-41-24-16-20(2)30(34)21(3)17-24)32(33(35)40)39(31(25)27)19-23-10-8-14-36-18-23/h7-8,10-12,14,16-18H,6,9,13,15,19H2,1-5H3,(H2,35,40). The highest BCUT2D eigenvalue weighted by molar-refractivity contribution is 6.32. The van der Waals surface area contributed by atoms with Gasteiger partial charge in [0.05, 0.1) is 17.8 Å². The second kappa shape index (κ2) is 11.8. The molecule has 0 fully saturated rings. The Hall–Kier alpha value is -4.10. The van der Waals surface area contributed by atoms with E-state index in [-0.39, 0.29) is 0 Å². The predicted molar refractivity (Wildman–Crippen MR) is 165 cm³/mol. The molecule has 0 saturated carbocycles. The third-order valence-corrected chi connectivity index (χ3v) is 8.34. The number of ether oxygens (including phenoxy) is 1. The van der Waals surface area contributed by atoms with E-state index in [0.717, 1.165) is 72.9 Å². The van der Waals surface area contributed by atoms with Crippen LogP contribution in [0.15, 0.2) is 54.9 Å². The first kappa shape index (κ1) is 28.4. The number of carbonyl (C=O) groups excluding carboxylic acids is 1. The second-order valence-electron chi connectivity index (χ2n) is 10.5. The minimum atomic E-state index is -0.450. The van der Waals surface area contributed by atoms with E-state index in [1.54, 1.807) is 6.20 Å². The van der Waals surface area contributed by atoms with Crippen molar-refractivity contribution >= 4 is 28.4 Å². The van der Waals surface area contributed by atoms with Crippen molar-refractivity contribution in [2.24, 2.45) is 12.8 Å². The summed E-state index contributed by atoms with van der Waals surface area (Å²) >= 11 is 6.33. The van der Waals surface area contributed by atoms with E-state index in [0.29, 0.717) is 31.7 Å². The van der Waals surface area contributed by atoms with Gasteiger partial charge in [-0.25, -0.2) is 0 Å². The summed E-state index contributed by atoms with van der Waals surface area (Å²) in [6.07, 6.45) is 5.72. The Kier molecular flexibility index (Phi) is 8.18. The monoisotopic (exact) mass is 569 g/mol. The van der Waals surface area contributed by atoms with Gasteiger partial charge in [0.15, 0.2) is 0 Å². The van der Waals surface area contributed by atoms with E-state index in [1.165, 1.54) is 0 Å². The van der Waals surface area contributed by atoms with Crippen LogP contribution in [0.3, 0.4) is 0 Å². The summed E-state index contributed by atoms with van der Waals surface area (Å²) in [5.74, 6) is 0.342. The van der Waals surface area contributed by atoms with Crippen LogP contribution >= 0.6 is 11.6 Å². The lowest BCUT2D eigenvalue weighted by atomic mass is 9.97. The number of hydrogen-bond donors (Lipinski definition) is 1. The van der Waals surface area contributed by atoms with Crippen LogP contribution in [0.25, 0.3) is 22.0 Å². The minimum Gasteiger partial charge on any atom is -0.494 e. The van der Waals surface area contributed by atoms with Crippen LogP contribution in [-0.4, -0.2) is 31.8 Å². The highest BCUT2D eigenvalue weighted by atomic mass is 35.5. The lowest BCUT2D eigenvalue weighted by molar-refractivity contribution is 0.0991. The molecule has 41 heavy (non-hydrogen) atoms. The molecule has 0 aliphatic carbocycles. The fourth-order valence-corrected chi connectivity index (χ4v) is 5.86. The maximum Gasteiger partial charge on any atom is 0.265 e. The Morgan fingerprint density at radius 2 is 1.85 bits per heavy atom. The fraction of sp³-hybridized carbons (Fsp3) is 0.303. The summed E-state index contributed by atoms with van der Waals surface area (Å²) in [5.41, 5.74) is 15.8. The van der Waals surface area contributed by atoms with Crippen LogP contribution < -0.4 is 10.5 Å². The number of nitrogens with zero attached hydrogens (tertiary/aromatic N) is 4.